The Hall–Kier alpha value is -0.830. The Bertz CT molecular complexity index is 296. The van der Waals surface area contributed by atoms with Gasteiger partial charge in [-0.2, -0.15) is 5.10 Å². The molecule has 0 saturated heterocycles. The first-order valence-electron chi connectivity index (χ1n) is 5.47. The summed E-state index contributed by atoms with van der Waals surface area (Å²) >= 11 is 6.08. The van der Waals surface area contributed by atoms with Crippen LogP contribution in [0.4, 0.5) is 5.82 Å². The van der Waals surface area contributed by atoms with Gasteiger partial charge in [0, 0.05) is 12.1 Å². The maximum absolute atomic E-state index is 6.08. The van der Waals surface area contributed by atoms with Crippen molar-refractivity contribution in [3.8, 4) is 0 Å². The molecule has 1 fully saturated rings. The van der Waals surface area contributed by atoms with E-state index in [4.69, 9.17) is 11.6 Å². The van der Waals surface area contributed by atoms with Gasteiger partial charge in [-0.3, -0.25) is 0 Å². The maximum Gasteiger partial charge on any atom is 0.149 e. The van der Waals surface area contributed by atoms with Crippen molar-refractivity contribution in [3.63, 3.8) is 0 Å². The molecule has 2 rings (SSSR count). The Morgan fingerprint density at radius 3 is 2.73 bits per heavy atom. The standard InChI is InChI=1S/C11H16ClN3/c12-9-11(6-2-1-3-7-11)14-10-5-4-8-13-15-10/h4-5,8H,1-3,6-7,9H2,(H,14,15). The predicted octanol–water partition coefficient (Wildman–Crippen LogP) is 2.83. The molecule has 0 aromatic carbocycles. The van der Waals surface area contributed by atoms with Crippen LogP contribution in [-0.4, -0.2) is 21.6 Å². The van der Waals surface area contributed by atoms with Gasteiger partial charge in [-0.25, -0.2) is 0 Å². The van der Waals surface area contributed by atoms with Crippen LogP contribution in [0.25, 0.3) is 0 Å². The number of aromatic nitrogens is 2. The van der Waals surface area contributed by atoms with Gasteiger partial charge < -0.3 is 5.32 Å². The summed E-state index contributed by atoms with van der Waals surface area (Å²) < 4.78 is 0. The van der Waals surface area contributed by atoms with Gasteiger partial charge in [0.05, 0.1) is 5.54 Å². The van der Waals surface area contributed by atoms with E-state index < -0.39 is 0 Å². The highest BCUT2D eigenvalue weighted by Gasteiger charge is 2.31. The Balaban J connectivity index is 2.07. The molecule has 1 aliphatic rings. The summed E-state index contributed by atoms with van der Waals surface area (Å²) in [6.07, 6.45) is 7.76. The molecule has 0 aliphatic heterocycles. The van der Waals surface area contributed by atoms with Gasteiger partial charge in [-0.05, 0) is 25.0 Å². The zero-order chi connectivity index (χ0) is 10.6. The number of hydrogen-bond donors (Lipinski definition) is 1. The summed E-state index contributed by atoms with van der Waals surface area (Å²) in [4.78, 5) is 0. The van der Waals surface area contributed by atoms with E-state index >= 15 is 0 Å². The Morgan fingerprint density at radius 2 is 2.13 bits per heavy atom. The summed E-state index contributed by atoms with van der Waals surface area (Å²) in [5.74, 6) is 1.48. The van der Waals surface area contributed by atoms with Crippen molar-refractivity contribution in [1.29, 1.82) is 0 Å². The van der Waals surface area contributed by atoms with Gasteiger partial charge in [0.25, 0.3) is 0 Å². The smallest absolute Gasteiger partial charge is 0.149 e. The van der Waals surface area contributed by atoms with E-state index in [9.17, 15) is 0 Å². The van der Waals surface area contributed by atoms with Gasteiger partial charge in [-0.15, -0.1) is 16.7 Å². The summed E-state index contributed by atoms with van der Waals surface area (Å²) in [6.45, 7) is 0. The van der Waals surface area contributed by atoms with Gasteiger partial charge in [0.15, 0.2) is 0 Å². The second kappa shape index (κ2) is 4.79. The molecule has 0 bridgehead atoms. The molecule has 0 unspecified atom stereocenters. The molecule has 1 aromatic heterocycles. The molecule has 0 amide bonds. The third-order valence-corrected chi connectivity index (χ3v) is 3.54. The van der Waals surface area contributed by atoms with Gasteiger partial charge in [0.2, 0.25) is 0 Å². The molecular weight excluding hydrogens is 210 g/mol. The minimum atomic E-state index is 0.0375. The highest BCUT2D eigenvalue weighted by atomic mass is 35.5. The quantitative estimate of drug-likeness (QED) is 0.804. The zero-order valence-corrected chi connectivity index (χ0v) is 9.50. The van der Waals surface area contributed by atoms with Gasteiger partial charge >= 0.3 is 0 Å². The number of nitrogens with one attached hydrogen (secondary N) is 1. The van der Waals surface area contributed by atoms with E-state index in [1.54, 1.807) is 6.20 Å². The number of alkyl halides is 1. The SMILES string of the molecule is ClCC1(Nc2cccnn2)CCCCC1. The van der Waals surface area contributed by atoms with E-state index in [0.29, 0.717) is 5.88 Å². The zero-order valence-electron chi connectivity index (χ0n) is 8.75. The fourth-order valence-electron chi connectivity index (χ4n) is 2.16. The van der Waals surface area contributed by atoms with Crippen molar-refractivity contribution in [2.45, 2.75) is 37.6 Å². The lowest BCUT2D eigenvalue weighted by Gasteiger charge is -2.36. The topological polar surface area (TPSA) is 37.8 Å². The molecule has 0 spiro atoms. The minimum absolute atomic E-state index is 0.0375. The van der Waals surface area contributed by atoms with E-state index in [1.807, 2.05) is 12.1 Å². The van der Waals surface area contributed by atoms with Gasteiger partial charge in [0.1, 0.15) is 5.82 Å². The van der Waals surface area contributed by atoms with Crippen molar-refractivity contribution >= 4 is 17.4 Å². The van der Waals surface area contributed by atoms with E-state index in [-0.39, 0.29) is 5.54 Å². The van der Waals surface area contributed by atoms with Crippen molar-refractivity contribution in [2.24, 2.45) is 0 Å². The number of nitrogens with zero attached hydrogens (tertiary/aromatic N) is 2. The molecular formula is C11H16ClN3. The van der Waals surface area contributed by atoms with Crippen molar-refractivity contribution < 1.29 is 0 Å². The molecule has 0 atom stereocenters. The molecule has 1 saturated carbocycles. The maximum atomic E-state index is 6.08. The minimum Gasteiger partial charge on any atom is -0.362 e. The van der Waals surface area contributed by atoms with Crippen LogP contribution < -0.4 is 5.32 Å². The highest BCUT2D eigenvalue weighted by molar-refractivity contribution is 6.18. The second-order valence-corrected chi connectivity index (χ2v) is 4.48. The first kappa shape index (κ1) is 10.7. The van der Waals surface area contributed by atoms with Crippen LogP contribution in [0.15, 0.2) is 18.3 Å². The van der Waals surface area contributed by atoms with Crippen molar-refractivity contribution in [1.82, 2.24) is 10.2 Å². The highest BCUT2D eigenvalue weighted by Crippen LogP contribution is 2.31. The van der Waals surface area contributed by atoms with Crippen molar-refractivity contribution in [2.75, 3.05) is 11.2 Å². The summed E-state index contributed by atoms with van der Waals surface area (Å²) in [5, 5.41) is 11.3. The average Bonchev–Trinajstić information content (AvgIpc) is 2.32. The van der Waals surface area contributed by atoms with Crippen LogP contribution in [0.1, 0.15) is 32.1 Å². The summed E-state index contributed by atoms with van der Waals surface area (Å²) in [7, 11) is 0. The molecule has 1 aliphatic carbocycles. The molecule has 82 valence electrons. The third-order valence-electron chi connectivity index (χ3n) is 3.03. The van der Waals surface area contributed by atoms with Crippen LogP contribution in [0, 0.1) is 0 Å². The summed E-state index contributed by atoms with van der Waals surface area (Å²) in [5.41, 5.74) is 0.0375. The molecule has 0 radical (unpaired) electrons. The second-order valence-electron chi connectivity index (χ2n) is 4.21. The molecule has 15 heavy (non-hydrogen) atoms. The van der Waals surface area contributed by atoms with Crippen LogP contribution in [0.3, 0.4) is 0 Å². The molecule has 4 heteroatoms. The van der Waals surface area contributed by atoms with Crippen LogP contribution in [0.2, 0.25) is 0 Å². The number of hydrogen-bond acceptors (Lipinski definition) is 3. The lowest BCUT2D eigenvalue weighted by atomic mass is 9.83. The Morgan fingerprint density at radius 1 is 1.33 bits per heavy atom. The first-order valence-corrected chi connectivity index (χ1v) is 6.00. The number of rotatable bonds is 3. The normalized spacial score (nSPS) is 19.8. The Kier molecular flexibility index (Phi) is 3.41. The molecule has 1 heterocycles. The first-order chi connectivity index (χ1) is 7.35. The fraction of sp³-hybridized carbons (Fsp3) is 0.636. The van der Waals surface area contributed by atoms with Crippen LogP contribution in [-0.2, 0) is 0 Å². The number of halogens is 1. The lowest BCUT2D eigenvalue weighted by Crippen LogP contribution is -2.42. The van der Waals surface area contributed by atoms with E-state index in [0.717, 1.165) is 18.7 Å². The van der Waals surface area contributed by atoms with E-state index in [1.165, 1.54) is 19.3 Å². The van der Waals surface area contributed by atoms with Crippen LogP contribution in [0.5, 0.6) is 0 Å². The third kappa shape index (κ3) is 2.59. The fourth-order valence-corrected chi connectivity index (χ4v) is 2.49. The van der Waals surface area contributed by atoms with Gasteiger partial charge in [-0.1, -0.05) is 19.3 Å². The average molecular weight is 226 g/mol. The largest absolute Gasteiger partial charge is 0.362 e. The molecule has 3 nitrogen and oxygen atoms in total. The van der Waals surface area contributed by atoms with E-state index in [2.05, 4.69) is 15.5 Å². The molecule has 1 aromatic rings. The predicted molar refractivity (Wildman–Crippen MR) is 62.2 cm³/mol. The summed E-state index contributed by atoms with van der Waals surface area (Å²) in [6, 6.07) is 3.83. The van der Waals surface area contributed by atoms with Crippen molar-refractivity contribution in [3.05, 3.63) is 18.3 Å². The monoisotopic (exact) mass is 225 g/mol. The lowest BCUT2D eigenvalue weighted by molar-refractivity contribution is 0.352. The molecule has 1 N–H and O–H groups in total. The Labute approximate surface area is 95.2 Å². The van der Waals surface area contributed by atoms with Crippen LogP contribution >= 0.6 is 11.6 Å². The number of anilines is 1.